The largest absolute Gasteiger partial charge is 0.386 e. The summed E-state index contributed by atoms with van der Waals surface area (Å²) in [5.74, 6) is 0.733. The molecule has 5 N–H and O–H groups in total. The first-order valence-electron chi connectivity index (χ1n) is 9.29. The van der Waals surface area contributed by atoms with E-state index >= 15 is 0 Å². The summed E-state index contributed by atoms with van der Waals surface area (Å²) in [5, 5.41) is 12.7. The molecule has 0 fully saturated rings. The summed E-state index contributed by atoms with van der Waals surface area (Å²) in [7, 11) is 1.80. The lowest BCUT2D eigenvalue weighted by Gasteiger charge is -2.15. The molecule has 0 aliphatic rings. The van der Waals surface area contributed by atoms with Crippen molar-refractivity contribution in [2.45, 2.75) is 0 Å². The summed E-state index contributed by atoms with van der Waals surface area (Å²) in [6.07, 6.45) is 1.77. The van der Waals surface area contributed by atoms with Crippen LogP contribution in [0.25, 0.3) is 10.8 Å². The lowest BCUT2D eigenvalue weighted by atomic mass is 10.1. The van der Waals surface area contributed by atoms with Crippen LogP contribution in [-0.2, 0) is 0 Å². The van der Waals surface area contributed by atoms with E-state index in [0.717, 1.165) is 33.7 Å². The number of aromatic nitrogens is 1. The van der Waals surface area contributed by atoms with E-state index in [-0.39, 0.29) is 0 Å². The van der Waals surface area contributed by atoms with Gasteiger partial charge in [-0.15, -0.1) is 0 Å². The molecule has 4 aromatic rings. The van der Waals surface area contributed by atoms with Gasteiger partial charge in [0.25, 0.3) is 0 Å². The molecule has 7 nitrogen and oxygen atoms in total. The Morgan fingerprint density at radius 2 is 1.70 bits per heavy atom. The summed E-state index contributed by atoms with van der Waals surface area (Å²) in [5.41, 5.74) is 17.4. The Hall–Kier alpha value is -3.84. The molecule has 0 aliphatic carbocycles. The van der Waals surface area contributed by atoms with Crippen LogP contribution >= 0.6 is 11.6 Å². The molecule has 8 heteroatoms. The Labute approximate surface area is 179 Å². The maximum atomic E-state index is 7.44. The van der Waals surface area contributed by atoms with E-state index in [0.29, 0.717) is 16.4 Å². The first-order valence-corrected chi connectivity index (χ1v) is 9.67. The molecule has 4 rings (SSSR count). The fourth-order valence-corrected chi connectivity index (χ4v) is 3.33. The van der Waals surface area contributed by atoms with Crippen molar-refractivity contribution < 1.29 is 0 Å². The second-order valence-electron chi connectivity index (χ2n) is 6.54. The van der Waals surface area contributed by atoms with Crippen LogP contribution in [0.15, 0.2) is 78.0 Å². The van der Waals surface area contributed by atoms with Crippen LogP contribution < -0.4 is 21.5 Å². The normalized spacial score (nSPS) is 10.5. The van der Waals surface area contributed by atoms with Crippen LogP contribution in [0.2, 0.25) is 5.02 Å². The minimum atomic E-state index is 0.526. The Kier molecular flexibility index (Phi) is 5.63. The number of hydrogen-bond donors (Lipinski definition) is 5. The molecular formula is C22H20ClN7. The molecule has 3 aromatic carbocycles. The smallest absolute Gasteiger partial charge is 0.138 e. The maximum Gasteiger partial charge on any atom is 0.138 e. The van der Waals surface area contributed by atoms with E-state index in [4.69, 9.17) is 17.1 Å². The van der Waals surface area contributed by atoms with E-state index in [2.05, 4.69) is 31.6 Å². The maximum absolute atomic E-state index is 7.44. The number of rotatable bonds is 7. The molecule has 0 atom stereocenters. The van der Waals surface area contributed by atoms with E-state index in [9.17, 15) is 0 Å². The molecule has 0 aliphatic heterocycles. The lowest BCUT2D eigenvalue weighted by molar-refractivity contribution is 1.14. The van der Waals surface area contributed by atoms with Crippen LogP contribution in [0.5, 0.6) is 0 Å². The Morgan fingerprint density at radius 3 is 2.53 bits per heavy atom. The fraction of sp³-hybridized carbons (Fsp3) is 0.0455. The average molecular weight is 418 g/mol. The molecule has 0 bridgehead atoms. The van der Waals surface area contributed by atoms with Crippen molar-refractivity contribution in [2.75, 3.05) is 28.5 Å². The molecule has 1 heterocycles. The average Bonchev–Trinajstić information content (AvgIpc) is 2.78. The van der Waals surface area contributed by atoms with Crippen molar-refractivity contribution in [2.24, 2.45) is 5.11 Å². The van der Waals surface area contributed by atoms with Crippen LogP contribution in [0.3, 0.4) is 0 Å². The molecule has 0 saturated carbocycles. The van der Waals surface area contributed by atoms with Crippen molar-refractivity contribution in [3.63, 3.8) is 0 Å². The lowest BCUT2D eigenvalue weighted by Crippen LogP contribution is -2.09. The van der Waals surface area contributed by atoms with Gasteiger partial charge in [-0.2, -0.15) is 5.11 Å². The first-order chi connectivity index (χ1) is 14.7. The Balaban J connectivity index is 1.55. The molecule has 30 heavy (non-hydrogen) atoms. The molecular weight excluding hydrogens is 398 g/mol. The van der Waals surface area contributed by atoms with Crippen molar-refractivity contribution in [1.82, 2.24) is 4.98 Å². The van der Waals surface area contributed by atoms with Gasteiger partial charge in [-0.25, -0.2) is 10.5 Å². The number of nitrogens with zero attached hydrogens (tertiary/aromatic N) is 2. The van der Waals surface area contributed by atoms with E-state index < -0.39 is 0 Å². The highest BCUT2D eigenvalue weighted by atomic mass is 35.5. The number of hydrogen-bond acceptors (Lipinski definition) is 7. The van der Waals surface area contributed by atoms with Gasteiger partial charge in [0.1, 0.15) is 11.5 Å². The molecule has 0 spiro atoms. The number of fused-ring (bicyclic) bond motifs is 1. The SMILES string of the molecule is CNc1cccc(NNc2cccc(Nc3nccc4ccc(Cl)cc34)c2)c1N=N. The quantitative estimate of drug-likeness (QED) is 0.169. The van der Waals surface area contributed by atoms with Gasteiger partial charge >= 0.3 is 0 Å². The van der Waals surface area contributed by atoms with Gasteiger partial charge in [0.15, 0.2) is 0 Å². The number of nitrogens with one attached hydrogen (secondary N) is 5. The third kappa shape index (κ3) is 4.11. The second-order valence-corrected chi connectivity index (χ2v) is 6.98. The van der Waals surface area contributed by atoms with Gasteiger partial charge in [0, 0.05) is 29.3 Å². The first kappa shape index (κ1) is 19.5. The van der Waals surface area contributed by atoms with Gasteiger partial charge in [0.2, 0.25) is 0 Å². The topological polar surface area (TPSA) is 97.2 Å². The third-order valence-electron chi connectivity index (χ3n) is 4.61. The van der Waals surface area contributed by atoms with Crippen molar-refractivity contribution in [1.29, 1.82) is 5.53 Å². The summed E-state index contributed by atoms with van der Waals surface area (Å²) in [4.78, 5) is 4.46. The van der Waals surface area contributed by atoms with Gasteiger partial charge in [-0.3, -0.25) is 5.43 Å². The molecule has 0 saturated heterocycles. The van der Waals surface area contributed by atoms with Gasteiger partial charge in [-0.1, -0.05) is 29.8 Å². The number of pyridine rings is 1. The summed E-state index contributed by atoms with van der Waals surface area (Å²) < 4.78 is 0. The Morgan fingerprint density at radius 1 is 0.900 bits per heavy atom. The van der Waals surface area contributed by atoms with Gasteiger partial charge in [-0.05, 0) is 53.9 Å². The van der Waals surface area contributed by atoms with Crippen molar-refractivity contribution >= 4 is 56.6 Å². The monoisotopic (exact) mass is 417 g/mol. The minimum absolute atomic E-state index is 0.526. The van der Waals surface area contributed by atoms with Crippen LogP contribution in [0, 0.1) is 5.53 Å². The van der Waals surface area contributed by atoms with Gasteiger partial charge in [0.05, 0.1) is 17.1 Å². The minimum Gasteiger partial charge on any atom is -0.386 e. The Bertz CT molecular complexity index is 1210. The molecule has 0 amide bonds. The molecule has 1 aromatic heterocycles. The van der Waals surface area contributed by atoms with Crippen molar-refractivity contribution in [3.8, 4) is 0 Å². The molecule has 0 radical (unpaired) electrons. The van der Waals surface area contributed by atoms with Crippen LogP contribution in [0.1, 0.15) is 0 Å². The van der Waals surface area contributed by atoms with E-state index in [1.54, 1.807) is 13.2 Å². The second kappa shape index (κ2) is 8.67. The van der Waals surface area contributed by atoms with Crippen LogP contribution in [-0.4, -0.2) is 12.0 Å². The summed E-state index contributed by atoms with van der Waals surface area (Å²) >= 11 is 6.17. The predicted octanol–water partition coefficient (Wildman–Crippen LogP) is 6.77. The summed E-state index contributed by atoms with van der Waals surface area (Å²) in [6.45, 7) is 0. The number of anilines is 5. The number of hydrazine groups is 1. The zero-order valence-corrected chi connectivity index (χ0v) is 17.0. The predicted molar refractivity (Wildman–Crippen MR) is 125 cm³/mol. The van der Waals surface area contributed by atoms with E-state index in [1.165, 1.54) is 0 Å². The third-order valence-corrected chi connectivity index (χ3v) is 4.85. The molecule has 150 valence electrons. The highest BCUT2D eigenvalue weighted by Gasteiger charge is 2.07. The zero-order valence-electron chi connectivity index (χ0n) is 16.2. The number of halogens is 1. The summed E-state index contributed by atoms with van der Waals surface area (Å²) in [6, 6.07) is 21.1. The van der Waals surface area contributed by atoms with Crippen LogP contribution in [0.4, 0.5) is 34.3 Å². The van der Waals surface area contributed by atoms with E-state index in [1.807, 2.05) is 66.7 Å². The highest BCUT2D eigenvalue weighted by molar-refractivity contribution is 6.31. The zero-order chi connectivity index (χ0) is 20.9. The molecule has 0 unspecified atom stereocenters. The standard InChI is InChI=1S/C22H20ClN7/c1-25-19-6-3-7-20(21(19)28-24)30-29-17-5-2-4-16(13-17)27-22-18-12-15(23)9-8-14(18)10-11-26-22/h2-13,24-25,29-30H,1H3,(H,26,27). The van der Waals surface area contributed by atoms with Gasteiger partial charge < -0.3 is 16.1 Å². The highest BCUT2D eigenvalue weighted by Crippen LogP contribution is 2.33. The fourth-order valence-electron chi connectivity index (χ4n) is 3.16. The number of benzene rings is 3. The van der Waals surface area contributed by atoms with Crippen molar-refractivity contribution in [3.05, 3.63) is 77.9 Å². The number of para-hydroxylation sites is 1.